The number of benzene rings is 2. The summed E-state index contributed by atoms with van der Waals surface area (Å²) in [5, 5.41) is 8.66. The molecule has 0 aliphatic heterocycles. The van der Waals surface area contributed by atoms with Crippen LogP contribution in [-0.2, 0) is 36.5 Å². The molecule has 0 saturated heterocycles. The molecular weight excluding hydrogens is 446 g/mol. The first-order chi connectivity index (χ1) is 15.8. The lowest BCUT2D eigenvalue weighted by Crippen LogP contribution is -2.43. The summed E-state index contributed by atoms with van der Waals surface area (Å²) in [5.41, 5.74) is 1.35. The van der Waals surface area contributed by atoms with Gasteiger partial charge < -0.3 is 14.6 Å². The lowest BCUT2D eigenvalue weighted by molar-refractivity contribution is -0.145. The molecule has 0 spiro atoms. The number of sulfonamides is 1. The fourth-order valence-corrected chi connectivity index (χ4v) is 4.34. The fraction of sp³-hybridized carbons (Fsp3) is 0.417. The molecule has 0 bridgehead atoms. The molecule has 0 aromatic heterocycles. The minimum atomic E-state index is -3.78. The van der Waals surface area contributed by atoms with E-state index in [9.17, 15) is 18.0 Å². The Morgan fingerprint density at radius 2 is 1.67 bits per heavy atom. The van der Waals surface area contributed by atoms with Crippen molar-refractivity contribution in [1.82, 2.24) is 4.72 Å². The smallest absolute Gasteiger partial charge is 0.324 e. The maximum Gasteiger partial charge on any atom is 0.324 e. The van der Waals surface area contributed by atoms with Crippen molar-refractivity contribution in [2.75, 3.05) is 13.2 Å². The van der Waals surface area contributed by atoms with Crippen molar-refractivity contribution in [1.29, 1.82) is 0 Å². The quantitative estimate of drug-likeness (QED) is 0.298. The molecule has 33 heavy (non-hydrogen) atoms. The van der Waals surface area contributed by atoms with Gasteiger partial charge in [-0.15, -0.1) is 0 Å². The van der Waals surface area contributed by atoms with Crippen molar-refractivity contribution in [2.45, 2.75) is 50.8 Å². The molecule has 1 atom stereocenters. The number of hydrogen-bond donors (Lipinski definition) is 2. The van der Waals surface area contributed by atoms with E-state index in [4.69, 9.17) is 14.6 Å². The first kappa shape index (κ1) is 26.3. The van der Waals surface area contributed by atoms with Gasteiger partial charge in [-0.25, -0.2) is 13.1 Å². The number of carbonyl (C=O) groups is 2. The molecule has 0 aliphatic rings. The second-order valence-electron chi connectivity index (χ2n) is 7.63. The maximum absolute atomic E-state index is 12.7. The van der Waals surface area contributed by atoms with E-state index in [-0.39, 0.29) is 31.8 Å². The summed E-state index contributed by atoms with van der Waals surface area (Å²) < 4.78 is 38.7. The normalized spacial score (nSPS) is 12.2. The first-order valence-electron chi connectivity index (χ1n) is 10.9. The predicted molar refractivity (Wildman–Crippen MR) is 124 cm³/mol. The second kappa shape index (κ2) is 13.6. The number of rotatable bonds is 15. The minimum Gasteiger partial charge on any atom is -0.494 e. The van der Waals surface area contributed by atoms with Crippen LogP contribution in [0.15, 0.2) is 54.6 Å². The van der Waals surface area contributed by atoms with E-state index < -0.39 is 28.0 Å². The number of ether oxygens (including phenoxy) is 2. The number of unbranched alkanes of at least 4 members (excludes halogenated alkanes) is 1. The number of hydrogen-bond acceptors (Lipinski definition) is 6. The summed E-state index contributed by atoms with van der Waals surface area (Å²) >= 11 is 0. The molecule has 0 radical (unpaired) electrons. The van der Waals surface area contributed by atoms with Crippen molar-refractivity contribution in [3.63, 3.8) is 0 Å². The van der Waals surface area contributed by atoms with Crippen LogP contribution in [0.1, 0.15) is 43.7 Å². The van der Waals surface area contributed by atoms with Crippen molar-refractivity contribution in [3.8, 4) is 5.75 Å². The third-order valence-corrected chi connectivity index (χ3v) is 6.07. The number of nitrogens with one attached hydrogen (secondary N) is 1. The van der Waals surface area contributed by atoms with E-state index in [1.165, 1.54) is 0 Å². The van der Waals surface area contributed by atoms with Gasteiger partial charge in [0.15, 0.2) is 0 Å². The molecule has 180 valence electrons. The summed E-state index contributed by atoms with van der Waals surface area (Å²) in [5.74, 6) is -1.17. The molecule has 8 nitrogen and oxygen atoms in total. The standard InChI is InChI=1S/C24H31NO7S/c1-2-3-15-32-24(28)22(25-33(29,30)18-20-8-5-4-6-9-20)17-19-11-13-21(14-12-19)31-16-7-10-23(26)27/h4-6,8-9,11-14,22,25H,2-3,7,10,15-18H2,1H3,(H,26,27)/t22-/m0/s1. The molecule has 0 heterocycles. The molecule has 9 heteroatoms. The largest absolute Gasteiger partial charge is 0.494 e. The van der Waals surface area contributed by atoms with E-state index in [0.29, 0.717) is 24.2 Å². The lowest BCUT2D eigenvalue weighted by atomic mass is 10.1. The molecule has 0 amide bonds. The highest BCUT2D eigenvalue weighted by Crippen LogP contribution is 2.15. The molecule has 0 fully saturated rings. The Hall–Kier alpha value is -2.91. The third kappa shape index (κ3) is 10.5. The molecular formula is C24H31NO7S. The number of carboxylic acids is 1. The first-order valence-corrected chi connectivity index (χ1v) is 12.6. The highest BCUT2D eigenvalue weighted by molar-refractivity contribution is 7.88. The highest BCUT2D eigenvalue weighted by Gasteiger charge is 2.26. The molecule has 2 aromatic rings. The molecule has 0 aliphatic carbocycles. The molecule has 0 unspecified atom stereocenters. The summed E-state index contributed by atoms with van der Waals surface area (Å²) in [4.78, 5) is 23.2. The fourth-order valence-electron chi connectivity index (χ4n) is 3.01. The van der Waals surface area contributed by atoms with Gasteiger partial charge >= 0.3 is 11.9 Å². The van der Waals surface area contributed by atoms with Gasteiger partial charge in [-0.05, 0) is 42.5 Å². The molecule has 2 aromatic carbocycles. The summed E-state index contributed by atoms with van der Waals surface area (Å²) in [6.07, 6.45) is 2.10. The predicted octanol–water partition coefficient (Wildman–Crippen LogP) is 3.30. The van der Waals surface area contributed by atoms with Gasteiger partial charge in [0.1, 0.15) is 11.8 Å². The van der Waals surface area contributed by atoms with Gasteiger partial charge in [0.05, 0.1) is 19.0 Å². The SMILES string of the molecule is CCCCOC(=O)[C@H](Cc1ccc(OCCCC(=O)O)cc1)NS(=O)(=O)Cc1ccccc1. The Kier molecular flexibility index (Phi) is 10.9. The van der Waals surface area contributed by atoms with Crippen LogP contribution < -0.4 is 9.46 Å². The Morgan fingerprint density at radius 1 is 0.970 bits per heavy atom. The van der Waals surface area contributed by atoms with Gasteiger partial charge in [-0.3, -0.25) is 9.59 Å². The van der Waals surface area contributed by atoms with Crippen LogP contribution in [0.5, 0.6) is 5.75 Å². The van der Waals surface area contributed by atoms with Crippen LogP contribution in [0, 0.1) is 0 Å². The zero-order valence-corrected chi connectivity index (χ0v) is 19.6. The Balaban J connectivity index is 2.04. The Labute approximate surface area is 195 Å². The Morgan fingerprint density at radius 3 is 2.30 bits per heavy atom. The molecule has 2 N–H and O–H groups in total. The number of aliphatic carboxylic acids is 1. The average Bonchev–Trinajstić information content (AvgIpc) is 2.77. The number of esters is 1. The number of carbonyl (C=O) groups excluding carboxylic acids is 1. The van der Waals surface area contributed by atoms with Gasteiger partial charge in [0.25, 0.3) is 0 Å². The molecule has 0 saturated carbocycles. The van der Waals surface area contributed by atoms with Crippen LogP contribution in [0.25, 0.3) is 0 Å². The highest BCUT2D eigenvalue weighted by atomic mass is 32.2. The number of carboxylic acid groups (broad SMARTS) is 1. The van der Waals surface area contributed by atoms with Crippen LogP contribution >= 0.6 is 0 Å². The third-order valence-electron chi connectivity index (χ3n) is 4.71. The van der Waals surface area contributed by atoms with Crippen LogP contribution in [0.4, 0.5) is 0 Å². The van der Waals surface area contributed by atoms with Crippen LogP contribution in [0.3, 0.4) is 0 Å². The van der Waals surface area contributed by atoms with Crippen LogP contribution in [-0.4, -0.2) is 44.7 Å². The van der Waals surface area contributed by atoms with Gasteiger partial charge in [0, 0.05) is 6.42 Å². The van der Waals surface area contributed by atoms with Gasteiger partial charge in [-0.1, -0.05) is 55.8 Å². The average molecular weight is 478 g/mol. The van der Waals surface area contributed by atoms with Crippen molar-refractivity contribution < 1.29 is 32.6 Å². The maximum atomic E-state index is 12.7. The van der Waals surface area contributed by atoms with Crippen molar-refractivity contribution >= 4 is 22.0 Å². The summed E-state index contributed by atoms with van der Waals surface area (Å²) in [7, 11) is -3.78. The summed E-state index contributed by atoms with van der Waals surface area (Å²) in [6.45, 7) is 2.48. The van der Waals surface area contributed by atoms with Crippen molar-refractivity contribution in [3.05, 3.63) is 65.7 Å². The van der Waals surface area contributed by atoms with E-state index >= 15 is 0 Å². The zero-order valence-electron chi connectivity index (χ0n) is 18.7. The topological polar surface area (TPSA) is 119 Å². The summed E-state index contributed by atoms with van der Waals surface area (Å²) in [6, 6.07) is 14.6. The van der Waals surface area contributed by atoms with Crippen LogP contribution in [0.2, 0.25) is 0 Å². The monoisotopic (exact) mass is 477 g/mol. The van der Waals surface area contributed by atoms with E-state index in [1.54, 1.807) is 54.6 Å². The van der Waals surface area contributed by atoms with E-state index in [0.717, 1.165) is 12.0 Å². The van der Waals surface area contributed by atoms with Crippen molar-refractivity contribution in [2.24, 2.45) is 0 Å². The van der Waals surface area contributed by atoms with E-state index in [1.807, 2.05) is 6.92 Å². The minimum absolute atomic E-state index is 0.0308. The Bertz CT molecular complexity index is 976. The molecule has 2 rings (SSSR count). The van der Waals surface area contributed by atoms with E-state index in [2.05, 4.69) is 4.72 Å². The lowest BCUT2D eigenvalue weighted by Gasteiger charge is -2.18. The van der Waals surface area contributed by atoms with Gasteiger partial charge in [0.2, 0.25) is 10.0 Å². The zero-order chi connectivity index (χ0) is 24.1. The second-order valence-corrected chi connectivity index (χ2v) is 9.38. The van der Waals surface area contributed by atoms with Gasteiger partial charge in [-0.2, -0.15) is 0 Å².